The molecule has 1 fully saturated rings. The number of anilines is 1. The molecule has 2 N–H and O–H groups in total. The third-order valence-electron chi connectivity index (χ3n) is 6.31. The van der Waals surface area contributed by atoms with Gasteiger partial charge < -0.3 is 10.6 Å². The lowest BCUT2D eigenvalue weighted by atomic mass is 9.88. The van der Waals surface area contributed by atoms with Crippen molar-refractivity contribution >= 4 is 28.6 Å². The lowest BCUT2D eigenvalue weighted by Crippen LogP contribution is -2.46. The molecule has 2 unspecified atom stereocenters. The molecule has 4 rings (SSSR count). The van der Waals surface area contributed by atoms with Crippen LogP contribution in [0.1, 0.15) is 50.2 Å². The Bertz CT molecular complexity index is 969. The Hall–Kier alpha value is -2.56. The van der Waals surface area contributed by atoms with E-state index in [4.69, 9.17) is 10.7 Å². The van der Waals surface area contributed by atoms with Gasteiger partial charge in [-0.15, -0.1) is 0 Å². The van der Waals surface area contributed by atoms with Gasteiger partial charge in [-0.05, 0) is 68.5 Å². The summed E-state index contributed by atoms with van der Waals surface area (Å²) in [5.74, 6) is 0.813. The molecule has 2 atom stereocenters. The lowest BCUT2D eigenvalue weighted by Gasteiger charge is -2.39. The molecule has 0 saturated carbocycles. The summed E-state index contributed by atoms with van der Waals surface area (Å²) in [5.41, 5.74) is 11.5. The molecular formula is C23H30N4O. The number of aromatic nitrogens is 2. The lowest BCUT2D eigenvalue weighted by molar-refractivity contribution is -0.122. The number of carbonyl (C=O) groups is 1. The van der Waals surface area contributed by atoms with Crippen LogP contribution < -0.4 is 10.6 Å². The van der Waals surface area contributed by atoms with Gasteiger partial charge in [-0.2, -0.15) is 0 Å². The molecule has 5 nitrogen and oxygen atoms in total. The van der Waals surface area contributed by atoms with Crippen molar-refractivity contribution in [3.8, 4) is 0 Å². The van der Waals surface area contributed by atoms with Crippen molar-refractivity contribution in [2.75, 3.05) is 11.4 Å². The van der Waals surface area contributed by atoms with Crippen molar-refractivity contribution in [2.24, 2.45) is 11.7 Å². The van der Waals surface area contributed by atoms with Crippen LogP contribution in [0, 0.1) is 19.8 Å². The first kappa shape index (κ1) is 18.8. The maximum absolute atomic E-state index is 11.8. The maximum atomic E-state index is 11.8. The summed E-state index contributed by atoms with van der Waals surface area (Å²) in [7, 11) is 0. The van der Waals surface area contributed by atoms with Crippen LogP contribution in [0.5, 0.6) is 0 Å². The molecular weight excluding hydrogens is 348 g/mol. The maximum Gasteiger partial charge on any atom is 0.220 e. The van der Waals surface area contributed by atoms with Gasteiger partial charge in [0.2, 0.25) is 11.9 Å². The number of nitrogens with two attached hydrogens (primary N) is 1. The minimum absolute atomic E-state index is 0.0248. The molecule has 1 aromatic carbocycles. The number of nitrogens with zero attached hydrogens (tertiary/aromatic N) is 3. The zero-order chi connectivity index (χ0) is 19.8. The molecule has 148 valence electrons. The molecule has 0 radical (unpaired) electrons. The Morgan fingerprint density at radius 3 is 2.68 bits per heavy atom. The van der Waals surface area contributed by atoms with Gasteiger partial charge in [-0.3, -0.25) is 9.36 Å². The van der Waals surface area contributed by atoms with Crippen LogP contribution in [0.3, 0.4) is 0 Å². The van der Waals surface area contributed by atoms with Gasteiger partial charge in [0, 0.05) is 24.2 Å². The van der Waals surface area contributed by atoms with E-state index in [-0.39, 0.29) is 11.8 Å². The van der Waals surface area contributed by atoms with Crippen LogP contribution >= 0.6 is 0 Å². The van der Waals surface area contributed by atoms with E-state index < -0.39 is 0 Å². The molecule has 28 heavy (non-hydrogen) atoms. The molecule has 1 aliphatic carbocycles. The topological polar surface area (TPSA) is 64.2 Å². The summed E-state index contributed by atoms with van der Waals surface area (Å²) in [6, 6.07) is 4.73. The Balaban J connectivity index is 1.78. The summed E-state index contributed by atoms with van der Waals surface area (Å²) in [4.78, 5) is 19.3. The van der Waals surface area contributed by atoms with Crippen LogP contribution in [0.2, 0.25) is 0 Å². The van der Waals surface area contributed by atoms with Crippen LogP contribution in [0.25, 0.3) is 16.7 Å². The number of carbonyl (C=O) groups excluding carboxylic acids is 1. The van der Waals surface area contributed by atoms with Gasteiger partial charge in [-0.1, -0.05) is 25.8 Å². The summed E-state index contributed by atoms with van der Waals surface area (Å²) in [6.07, 6.45) is 11.3. The number of amides is 1. The van der Waals surface area contributed by atoms with Crippen molar-refractivity contribution in [1.82, 2.24) is 9.55 Å². The molecule has 1 amide bonds. The SMILES string of the molecule is CCCCC1CC(C(N)=O)CCN1c1nc2cc(C)c(C)cc2n1C1=CC=C1. The fourth-order valence-electron chi connectivity index (χ4n) is 4.38. The Kier molecular flexibility index (Phi) is 5.00. The predicted molar refractivity (Wildman–Crippen MR) is 115 cm³/mol. The first-order valence-corrected chi connectivity index (χ1v) is 10.4. The monoisotopic (exact) mass is 378 g/mol. The fourth-order valence-corrected chi connectivity index (χ4v) is 4.38. The van der Waals surface area contributed by atoms with Crippen molar-refractivity contribution in [2.45, 2.75) is 58.9 Å². The molecule has 2 aliphatic rings. The molecule has 5 heteroatoms. The van der Waals surface area contributed by atoms with E-state index in [0.29, 0.717) is 6.04 Å². The largest absolute Gasteiger partial charge is 0.369 e. The Labute approximate surface area is 166 Å². The van der Waals surface area contributed by atoms with Gasteiger partial charge in [0.15, 0.2) is 0 Å². The van der Waals surface area contributed by atoms with Gasteiger partial charge >= 0.3 is 0 Å². The summed E-state index contributed by atoms with van der Waals surface area (Å²) in [6.45, 7) is 7.32. The van der Waals surface area contributed by atoms with E-state index in [1.807, 2.05) is 0 Å². The van der Waals surface area contributed by atoms with Crippen LogP contribution in [-0.4, -0.2) is 28.0 Å². The number of piperidine rings is 1. The van der Waals surface area contributed by atoms with E-state index in [1.54, 1.807) is 0 Å². The van der Waals surface area contributed by atoms with E-state index in [0.717, 1.165) is 55.6 Å². The molecule has 2 heterocycles. The second-order valence-corrected chi connectivity index (χ2v) is 8.24. The van der Waals surface area contributed by atoms with E-state index >= 15 is 0 Å². The molecule has 0 spiro atoms. The minimum Gasteiger partial charge on any atom is -0.369 e. The number of primary amides is 1. The van der Waals surface area contributed by atoms with Crippen molar-refractivity contribution < 1.29 is 4.79 Å². The standard InChI is InChI=1S/C23H30N4O/c1-4-5-7-19-14-17(22(24)28)10-11-26(19)23-25-20-12-15(2)16(3)13-21(20)27(23)18-8-6-9-18/h6,8-9,12-13,17,19H,4-5,7,10-11,14H2,1-3H3,(H2,24,28). The van der Waals surface area contributed by atoms with Gasteiger partial charge in [0.25, 0.3) is 0 Å². The Morgan fingerprint density at radius 2 is 2.04 bits per heavy atom. The van der Waals surface area contributed by atoms with Crippen molar-refractivity contribution in [3.63, 3.8) is 0 Å². The first-order valence-electron chi connectivity index (χ1n) is 10.4. The highest BCUT2D eigenvalue weighted by atomic mass is 16.1. The van der Waals surface area contributed by atoms with Gasteiger partial charge in [0.1, 0.15) is 0 Å². The quantitative estimate of drug-likeness (QED) is 0.814. The number of hydrogen-bond acceptors (Lipinski definition) is 3. The number of unbranched alkanes of at least 4 members (excludes halogenated alkanes) is 1. The smallest absolute Gasteiger partial charge is 0.220 e. The highest BCUT2D eigenvalue weighted by Crippen LogP contribution is 2.36. The molecule has 1 aromatic heterocycles. The van der Waals surface area contributed by atoms with Crippen molar-refractivity contribution in [1.29, 1.82) is 0 Å². The third kappa shape index (κ3) is 3.23. The third-order valence-corrected chi connectivity index (χ3v) is 6.31. The summed E-state index contributed by atoms with van der Waals surface area (Å²) >= 11 is 0. The minimum atomic E-state index is -0.162. The average molecular weight is 379 g/mol. The Morgan fingerprint density at radius 1 is 1.29 bits per heavy atom. The van der Waals surface area contributed by atoms with E-state index in [9.17, 15) is 4.79 Å². The van der Waals surface area contributed by atoms with Crippen molar-refractivity contribution in [3.05, 3.63) is 41.5 Å². The second-order valence-electron chi connectivity index (χ2n) is 8.24. The molecule has 1 saturated heterocycles. The number of hydrogen-bond donors (Lipinski definition) is 1. The van der Waals surface area contributed by atoms with Crippen LogP contribution in [0.15, 0.2) is 30.4 Å². The predicted octanol–water partition coefficient (Wildman–Crippen LogP) is 4.32. The summed E-state index contributed by atoms with van der Waals surface area (Å²) in [5, 5.41) is 0. The number of benzene rings is 1. The van der Waals surface area contributed by atoms with Crippen LogP contribution in [-0.2, 0) is 4.79 Å². The first-order chi connectivity index (χ1) is 13.5. The second kappa shape index (κ2) is 7.46. The van der Waals surface area contributed by atoms with Gasteiger partial charge in [-0.25, -0.2) is 4.98 Å². The highest BCUT2D eigenvalue weighted by molar-refractivity contribution is 5.88. The van der Waals surface area contributed by atoms with E-state index in [2.05, 4.69) is 60.6 Å². The fraction of sp³-hybridized carbons (Fsp3) is 0.478. The van der Waals surface area contributed by atoms with E-state index in [1.165, 1.54) is 16.8 Å². The zero-order valence-corrected chi connectivity index (χ0v) is 17.1. The number of imidazole rings is 1. The zero-order valence-electron chi connectivity index (χ0n) is 17.1. The number of rotatable bonds is 6. The highest BCUT2D eigenvalue weighted by Gasteiger charge is 2.34. The number of allylic oxidation sites excluding steroid dienone is 4. The van der Waals surface area contributed by atoms with Gasteiger partial charge in [0.05, 0.1) is 11.0 Å². The molecule has 0 bridgehead atoms. The number of aryl methyl sites for hydroxylation is 2. The molecule has 2 aromatic rings. The number of fused-ring (bicyclic) bond motifs is 1. The van der Waals surface area contributed by atoms with Crippen LogP contribution in [0.4, 0.5) is 5.95 Å². The summed E-state index contributed by atoms with van der Waals surface area (Å²) < 4.78 is 2.28. The average Bonchev–Trinajstić information content (AvgIpc) is 2.96. The normalized spacial score (nSPS) is 21.7. The molecule has 1 aliphatic heterocycles.